The van der Waals surface area contributed by atoms with E-state index in [0.29, 0.717) is 5.56 Å². The van der Waals surface area contributed by atoms with Gasteiger partial charge in [-0.15, -0.1) is 0 Å². The zero-order valence-electron chi connectivity index (χ0n) is 12.0. The van der Waals surface area contributed by atoms with Crippen LogP contribution < -0.4 is 5.32 Å². The van der Waals surface area contributed by atoms with Crippen molar-refractivity contribution in [1.29, 1.82) is 0 Å². The van der Waals surface area contributed by atoms with Crippen LogP contribution >= 0.6 is 0 Å². The van der Waals surface area contributed by atoms with E-state index in [4.69, 9.17) is 0 Å². The maximum Gasteiger partial charge on any atom is 0.394 e. The molecule has 0 fully saturated rings. The van der Waals surface area contributed by atoms with Crippen LogP contribution in [0.5, 0.6) is 0 Å². The van der Waals surface area contributed by atoms with Crippen molar-refractivity contribution in [1.82, 2.24) is 4.98 Å². The summed E-state index contributed by atoms with van der Waals surface area (Å²) in [7, 11) is 0. The van der Waals surface area contributed by atoms with Crippen molar-refractivity contribution in [3.8, 4) is 0 Å². The molecule has 1 N–H and O–H groups in total. The molecule has 3 nitrogen and oxygen atoms in total. The summed E-state index contributed by atoms with van der Waals surface area (Å²) in [6.45, 7) is 4.13. The van der Waals surface area contributed by atoms with Crippen LogP contribution in [0.25, 0.3) is 0 Å². The third-order valence-electron chi connectivity index (χ3n) is 2.74. The fourth-order valence-electron chi connectivity index (χ4n) is 1.61. The van der Waals surface area contributed by atoms with E-state index in [9.17, 15) is 18.0 Å². The van der Waals surface area contributed by atoms with Crippen LogP contribution in [-0.4, -0.2) is 16.9 Å². The minimum atomic E-state index is -4.32. The number of hydrogen-bond acceptors (Lipinski definition) is 3. The van der Waals surface area contributed by atoms with Gasteiger partial charge < -0.3 is 5.32 Å². The van der Waals surface area contributed by atoms with E-state index in [1.54, 1.807) is 25.1 Å². The van der Waals surface area contributed by atoms with E-state index in [0.717, 1.165) is 13.0 Å². The fraction of sp³-hybridized carbons (Fsp3) is 0.333. The van der Waals surface area contributed by atoms with Gasteiger partial charge in [0.2, 0.25) is 0 Å². The minimum Gasteiger partial charge on any atom is -0.340 e. The summed E-state index contributed by atoms with van der Waals surface area (Å²) in [4.78, 5) is 15.5. The number of ketones is 1. The first kappa shape index (κ1) is 16.9. The Hall–Kier alpha value is -2.11. The van der Waals surface area contributed by atoms with Crippen molar-refractivity contribution in [2.45, 2.75) is 26.9 Å². The highest BCUT2D eigenvalue weighted by molar-refractivity contribution is 5.98. The Bertz CT molecular complexity index is 562. The van der Waals surface area contributed by atoms with Crippen molar-refractivity contribution in [2.75, 3.05) is 5.32 Å². The molecule has 0 amide bonds. The number of alkyl halides is 3. The van der Waals surface area contributed by atoms with Gasteiger partial charge in [-0.2, -0.15) is 13.2 Å². The second kappa shape index (κ2) is 7.06. The maximum absolute atomic E-state index is 12.6. The van der Waals surface area contributed by atoms with Gasteiger partial charge in [-0.05, 0) is 38.1 Å². The van der Waals surface area contributed by atoms with Gasteiger partial charge in [-0.25, -0.2) is 4.98 Å². The van der Waals surface area contributed by atoms with Gasteiger partial charge in [-0.3, -0.25) is 4.79 Å². The van der Waals surface area contributed by atoms with Gasteiger partial charge in [0.1, 0.15) is 5.82 Å². The molecule has 0 aliphatic heterocycles. The zero-order chi connectivity index (χ0) is 16.0. The van der Waals surface area contributed by atoms with E-state index in [-0.39, 0.29) is 17.3 Å². The number of allylic oxidation sites excluding steroid dienone is 3. The van der Waals surface area contributed by atoms with Gasteiger partial charge in [0.25, 0.3) is 0 Å². The lowest BCUT2D eigenvalue weighted by molar-refractivity contribution is -0.156. The molecular weight excluding hydrogens is 281 g/mol. The lowest BCUT2D eigenvalue weighted by Crippen LogP contribution is -2.19. The lowest BCUT2D eigenvalue weighted by atomic mass is 10.1. The molecule has 1 heterocycles. The number of carbonyl (C=O) groups excluding carboxylic acids is 1. The van der Waals surface area contributed by atoms with Crippen molar-refractivity contribution in [3.05, 3.63) is 47.8 Å². The molecule has 6 heteroatoms. The molecule has 1 rings (SSSR count). The van der Waals surface area contributed by atoms with E-state index in [2.05, 4.69) is 10.3 Å². The Balaban J connectivity index is 3.11. The summed E-state index contributed by atoms with van der Waals surface area (Å²) >= 11 is 0. The van der Waals surface area contributed by atoms with Crippen LogP contribution in [0, 0.1) is 5.92 Å². The molecular formula is C15H17F3N2O. The molecule has 0 saturated heterocycles. The second-order valence-electron chi connectivity index (χ2n) is 4.53. The van der Waals surface area contributed by atoms with Gasteiger partial charge >= 0.3 is 6.18 Å². The first-order chi connectivity index (χ1) is 9.75. The highest BCUT2D eigenvalue weighted by Crippen LogP contribution is 2.28. The molecule has 0 aromatic carbocycles. The van der Waals surface area contributed by atoms with Crippen LogP contribution in [-0.2, 0) is 0 Å². The average Bonchev–Trinajstić information content (AvgIpc) is 2.38. The number of anilines is 1. The molecule has 1 atom stereocenters. The largest absolute Gasteiger partial charge is 0.394 e. The zero-order valence-corrected chi connectivity index (χ0v) is 12.0. The maximum atomic E-state index is 12.6. The number of halogens is 3. The molecule has 114 valence electrons. The molecule has 1 aromatic rings. The highest BCUT2D eigenvalue weighted by Gasteiger charge is 2.34. The fourth-order valence-corrected chi connectivity index (χ4v) is 1.61. The minimum absolute atomic E-state index is 0.214. The van der Waals surface area contributed by atoms with Crippen LogP contribution in [0.15, 0.2) is 42.3 Å². The normalized spacial score (nSPS) is 14.3. The molecule has 0 spiro atoms. The monoisotopic (exact) mass is 298 g/mol. The molecule has 1 aromatic heterocycles. The third kappa shape index (κ3) is 5.06. The van der Waals surface area contributed by atoms with Crippen molar-refractivity contribution < 1.29 is 18.0 Å². The van der Waals surface area contributed by atoms with E-state index >= 15 is 0 Å². The lowest BCUT2D eigenvalue weighted by Gasteiger charge is -2.15. The average molecular weight is 298 g/mol. The molecule has 0 aliphatic carbocycles. The van der Waals surface area contributed by atoms with E-state index < -0.39 is 12.1 Å². The van der Waals surface area contributed by atoms with Gasteiger partial charge in [0.15, 0.2) is 5.78 Å². The number of rotatable bonds is 5. The smallest absolute Gasteiger partial charge is 0.340 e. The van der Waals surface area contributed by atoms with E-state index in [1.165, 1.54) is 19.2 Å². The Morgan fingerprint density at radius 3 is 2.62 bits per heavy atom. The first-order valence-corrected chi connectivity index (χ1v) is 6.40. The van der Waals surface area contributed by atoms with Gasteiger partial charge in [0, 0.05) is 11.9 Å². The summed E-state index contributed by atoms with van der Waals surface area (Å²) in [5.74, 6) is -1.58. The number of aromatic nitrogens is 1. The van der Waals surface area contributed by atoms with Crippen LogP contribution in [0.4, 0.5) is 19.0 Å². The predicted octanol–water partition coefficient (Wildman–Crippen LogP) is 4.35. The summed E-state index contributed by atoms with van der Waals surface area (Å²) in [5.41, 5.74) is 0.566. The number of nitrogens with zero attached hydrogens (tertiary/aromatic N) is 1. The summed E-state index contributed by atoms with van der Waals surface area (Å²) in [6.07, 6.45) is 1.31. The molecule has 21 heavy (non-hydrogen) atoms. The number of pyridine rings is 1. The second-order valence-corrected chi connectivity index (χ2v) is 4.53. The standard InChI is InChI=1S/C15H17F3N2O/c1-4-6-12(9-10(2)15(16,17)18)20-14-13(11(3)21)7-5-8-19-14/h4-10H,1-3H3,(H,19,20)/b6-4-,12-9+. The number of carbonyl (C=O) groups is 1. The van der Waals surface area contributed by atoms with Crippen LogP contribution in [0.3, 0.4) is 0 Å². The Morgan fingerprint density at radius 2 is 2.10 bits per heavy atom. The summed E-state index contributed by atoms with van der Waals surface area (Å²) < 4.78 is 37.9. The number of hydrogen-bond donors (Lipinski definition) is 1. The van der Waals surface area contributed by atoms with Crippen molar-refractivity contribution >= 4 is 11.6 Å². The molecule has 0 aliphatic rings. The van der Waals surface area contributed by atoms with Crippen molar-refractivity contribution in [3.63, 3.8) is 0 Å². The van der Waals surface area contributed by atoms with Gasteiger partial charge in [-0.1, -0.05) is 13.0 Å². The van der Waals surface area contributed by atoms with Crippen LogP contribution in [0.1, 0.15) is 31.1 Å². The highest BCUT2D eigenvalue weighted by atomic mass is 19.4. The Morgan fingerprint density at radius 1 is 1.43 bits per heavy atom. The van der Waals surface area contributed by atoms with E-state index in [1.807, 2.05) is 0 Å². The molecule has 0 radical (unpaired) electrons. The number of Topliss-reactive ketones (excluding diaryl/α,β-unsaturated/α-hetero) is 1. The third-order valence-corrected chi connectivity index (χ3v) is 2.74. The predicted molar refractivity (Wildman–Crippen MR) is 76.0 cm³/mol. The molecule has 0 bridgehead atoms. The molecule has 0 saturated carbocycles. The SMILES string of the molecule is C/C=C\C(=C/C(C)C(F)(F)F)Nc1ncccc1C(C)=O. The Labute approximate surface area is 121 Å². The topological polar surface area (TPSA) is 42.0 Å². The van der Waals surface area contributed by atoms with Gasteiger partial charge in [0.05, 0.1) is 11.5 Å². The first-order valence-electron chi connectivity index (χ1n) is 6.40. The number of nitrogens with one attached hydrogen (secondary N) is 1. The Kier molecular flexibility index (Phi) is 5.69. The molecule has 1 unspecified atom stereocenters. The van der Waals surface area contributed by atoms with Crippen LogP contribution in [0.2, 0.25) is 0 Å². The quantitative estimate of drug-likeness (QED) is 0.649. The van der Waals surface area contributed by atoms with Crippen molar-refractivity contribution in [2.24, 2.45) is 5.92 Å². The summed E-state index contributed by atoms with van der Waals surface area (Å²) in [6, 6.07) is 3.16. The summed E-state index contributed by atoms with van der Waals surface area (Å²) in [5, 5.41) is 2.78.